The van der Waals surface area contributed by atoms with E-state index < -0.39 is 10.7 Å². The minimum Gasteiger partial charge on any atom is -0.378 e. The molecular formula is C12H16FN3O2. The number of hydrogen-bond acceptors (Lipinski definition) is 4. The Hall–Kier alpha value is -1.69. The van der Waals surface area contributed by atoms with Crippen LogP contribution in [0.2, 0.25) is 0 Å². The molecule has 98 valence electrons. The molecule has 1 aromatic rings. The lowest BCUT2D eigenvalue weighted by Crippen LogP contribution is -2.26. The molecule has 1 aromatic carbocycles. The number of rotatable bonds is 5. The Kier molecular flexibility index (Phi) is 4.09. The van der Waals surface area contributed by atoms with Crippen molar-refractivity contribution in [2.75, 3.05) is 31.5 Å². The van der Waals surface area contributed by atoms with Gasteiger partial charge in [0, 0.05) is 13.1 Å². The first kappa shape index (κ1) is 12.8. The minimum atomic E-state index is -0.591. The summed E-state index contributed by atoms with van der Waals surface area (Å²) >= 11 is 0. The van der Waals surface area contributed by atoms with Crippen LogP contribution in [0, 0.1) is 15.9 Å². The van der Waals surface area contributed by atoms with E-state index in [1.54, 1.807) is 0 Å². The number of benzene rings is 1. The molecule has 1 aliphatic heterocycles. The molecule has 6 heteroatoms. The molecule has 1 N–H and O–H groups in total. The third-order valence-electron chi connectivity index (χ3n) is 3.10. The normalized spacial score (nSPS) is 15.8. The summed E-state index contributed by atoms with van der Waals surface area (Å²) < 4.78 is 12.9. The van der Waals surface area contributed by atoms with Crippen LogP contribution in [0.25, 0.3) is 0 Å². The summed E-state index contributed by atoms with van der Waals surface area (Å²) in [6.45, 7) is 3.67. The van der Waals surface area contributed by atoms with Crippen LogP contribution in [-0.4, -0.2) is 36.0 Å². The lowest BCUT2D eigenvalue weighted by atomic mass is 10.2. The maximum absolute atomic E-state index is 12.9. The molecule has 0 radical (unpaired) electrons. The zero-order valence-electron chi connectivity index (χ0n) is 10.1. The van der Waals surface area contributed by atoms with Crippen molar-refractivity contribution in [3.8, 4) is 0 Å². The van der Waals surface area contributed by atoms with Crippen LogP contribution >= 0.6 is 0 Å². The monoisotopic (exact) mass is 253 g/mol. The van der Waals surface area contributed by atoms with Gasteiger partial charge in [-0.05, 0) is 38.1 Å². The molecule has 0 amide bonds. The largest absolute Gasteiger partial charge is 0.378 e. The highest BCUT2D eigenvalue weighted by molar-refractivity contribution is 5.61. The molecule has 1 saturated heterocycles. The molecule has 0 aliphatic carbocycles. The van der Waals surface area contributed by atoms with E-state index in [1.165, 1.54) is 25.0 Å². The van der Waals surface area contributed by atoms with Crippen molar-refractivity contribution in [3.05, 3.63) is 34.1 Å². The van der Waals surface area contributed by atoms with Crippen molar-refractivity contribution < 1.29 is 9.31 Å². The van der Waals surface area contributed by atoms with Crippen LogP contribution in [0.15, 0.2) is 18.2 Å². The summed E-state index contributed by atoms with van der Waals surface area (Å²) in [5, 5.41) is 13.8. The van der Waals surface area contributed by atoms with Crippen molar-refractivity contribution in [3.63, 3.8) is 0 Å². The number of hydrogen-bond donors (Lipinski definition) is 1. The minimum absolute atomic E-state index is 0.212. The van der Waals surface area contributed by atoms with Crippen molar-refractivity contribution >= 4 is 11.4 Å². The predicted molar refractivity (Wildman–Crippen MR) is 67.2 cm³/mol. The Morgan fingerprint density at radius 1 is 1.39 bits per heavy atom. The molecule has 0 aromatic heterocycles. The van der Waals surface area contributed by atoms with Gasteiger partial charge < -0.3 is 10.2 Å². The quantitative estimate of drug-likeness (QED) is 0.646. The maximum atomic E-state index is 12.9. The second kappa shape index (κ2) is 5.77. The highest BCUT2D eigenvalue weighted by Gasteiger charge is 2.15. The molecule has 0 spiro atoms. The number of anilines is 1. The zero-order chi connectivity index (χ0) is 13.0. The Balaban J connectivity index is 1.93. The molecule has 2 rings (SSSR count). The van der Waals surface area contributed by atoms with Crippen molar-refractivity contribution in [1.82, 2.24) is 4.90 Å². The molecule has 0 atom stereocenters. The molecule has 5 nitrogen and oxygen atoms in total. The Morgan fingerprint density at radius 3 is 2.78 bits per heavy atom. The molecule has 0 bridgehead atoms. The lowest BCUT2D eigenvalue weighted by molar-refractivity contribution is -0.384. The SMILES string of the molecule is O=[N+]([O-])c1cc(F)ccc1NCCN1CCCC1. The molecule has 0 unspecified atom stereocenters. The fraction of sp³-hybridized carbons (Fsp3) is 0.500. The third-order valence-corrected chi connectivity index (χ3v) is 3.10. The van der Waals surface area contributed by atoms with Crippen molar-refractivity contribution in [2.24, 2.45) is 0 Å². The van der Waals surface area contributed by atoms with E-state index in [2.05, 4.69) is 10.2 Å². The van der Waals surface area contributed by atoms with E-state index in [-0.39, 0.29) is 5.69 Å². The van der Waals surface area contributed by atoms with Gasteiger partial charge in [-0.25, -0.2) is 4.39 Å². The maximum Gasteiger partial charge on any atom is 0.295 e. The van der Waals surface area contributed by atoms with Gasteiger partial charge in [-0.1, -0.05) is 0 Å². The average molecular weight is 253 g/mol. The van der Waals surface area contributed by atoms with Gasteiger partial charge in [0.1, 0.15) is 11.5 Å². The fourth-order valence-corrected chi connectivity index (χ4v) is 2.16. The predicted octanol–water partition coefficient (Wildman–Crippen LogP) is 2.24. The Bertz CT molecular complexity index is 433. The van der Waals surface area contributed by atoms with E-state index in [4.69, 9.17) is 0 Å². The molecule has 18 heavy (non-hydrogen) atoms. The number of nitrogens with one attached hydrogen (secondary N) is 1. The van der Waals surface area contributed by atoms with Gasteiger partial charge in [-0.2, -0.15) is 0 Å². The van der Waals surface area contributed by atoms with Crippen LogP contribution in [0.1, 0.15) is 12.8 Å². The van der Waals surface area contributed by atoms with Gasteiger partial charge in [-0.3, -0.25) is 10.1 Å². The van der Waals surface area contributed by atoms with Crippen molar-refractivity contribution in [2.45, 2.75) is 12.8 Å². The molecular weight excluding hydrogens is 237 g/mol. The number of nitrogens with zero attached hydrogens (tertiary/aromatic N) is 2. The number of nitro groups is 1. The average Bonchev–Trinajstić information content (AvgIpc) is 2.84. The summed E-state index contributed by atoms with van der Waals surface area (Å²) in [4.78, 5) is 12.5. The van der Waals surface area contributed by atoms with Gasteiger partial charge in [0.2, 0.25) is 0 Å². The summed E-state index contributed by atoms with van der Waals surface area (Å²) in [5.74, 6) is -0.591. The first-order valence-electron chi connectivity index (χ1n) is 6.07. The highest BCUT2D eigenvalue weighted by atomic mass is 19.1. The smallest absolute Gasteiger partial charge is 0.295 e. The van der Waals surface area contributed by atoms with Crippen LogP contribution in [0.4, 0.5) is 15.8 Å². The topological polar surface area (TPSA) is 58.4 Å². The third kappa shape index (κ3) is 3.16. The van der Waals surface area contributed by atoms with E-state index in [0.717, 1.165) is 25.7 Å². The number of nitro benzene ring substituents is 1. The zero-order valence-corrected chi connectivity index (χ0v) is 10.1. The van der Waals surface area contributed by atoms with Crippen LogP contribution in [0.3, 0.4) is 0 Å². The summed E-state index contributed by atoms with van der Waals surface area (Å²) in [6, 6.07) is 3.58. The Morgan fingerprint density at radius 2 is 2.11 bits per heavy atom. The molecule has 1 heterocycles. The summed E-state index contributed by atoms with van der Waals surface area (Å²) in [7, 11) is 0. The lowest BCUT2D eigenvalue weighted by Gasteiger charge is -2.15. The van der Waals surface area contributed by atoms with Gasteiger partial charge in [0.15, 0.2) is 0 Å². The van der Waals surface area contributed by atoms with E-state index in [9.17, 15) is 14.5 Å². The molecule has 1 aliphatic rings. The second-order valence-electron chi connectivity index (χ2n) is 4.39. The van der Waals surface area contributed by atoms with E-state index in [1.807, 2.05) is 0 Å². The first-order chi connectivity index (χ1) is 8.66. The van der Waals surface area contributed by atoms with E-state index >= 15 is 0 Å². The van der Waals surface area contributed by atoms with Crippen molar-refractivity contribution in [1.29, 1.82) is 0 Å². The van der Waals surface area contributed by atoms with Crippen LogP contribution in [-0.2, 0) is 0 Å². The molecule has 0 saturated carbocycles. The second-order valence-corrected chi connectivity index (χ2v) is 4.39. The highest BCUT2D eigenvalue weighted by Crippen LogP contribution is 2.24. The van der Waals surface area contributed by atoms with Gasteiger partial charge in [0.05, 0.1) is 11.0 Å². The first-order valence-corrected chi connectivity index (χ1v) is 6.07. The number of likely N-dealkylation sites (tertiary alicyclic amines) is 1. The van der Waals surface area contributed by atoms with Crippen LogP contribution < -0.4 is 5.32 Å². The standard InChI is InChI=1S/C12H16FN3O2/c13-10-3-4-11(12(9-10)16(17)18)14-5-8-15-6-1-2-7-15/h3-4,9,14H,1-2,5-8H2. The van der Waals surface area contributed by atoms with Crippen LogP contribution in [0.5, 0.6) is 0 Å². The number of halogens is 1. The molecule has 1 fully saturated rings. The van der Waals surface area contributed by atoms with E-state index in [0.29, 0.717) is 12.2 Å². The Labute approximate surface area is 105 Å². The fourth-order valence-electron chi connectivity index (χ4n) is 2.16. The van der Waals surface area contributed by atoms with Gasteiger partial charge in [-0.15, -0.1) is 0 Å². The van der Waals surface area contributed by atoms with Gasteiger partial charge in [0.25, 0.3) is 5.69 Å². The van der Waals surface area contributed by atoms with Gasteiger partial charge >= 0.3 is 0 Å². The summed E-state index contributed by atoms with van der Waals surface area (Å²) in [6.07, 6.45) is 2.44. The summed E-state index contributed by atoms with van der Waals surface area (Å²) in [5.41, 5.74) is 0.164.